The third kappa shape index (κ3) is 4.46. The fourth-order valence-corrected chi connectivity index (χ4v) is 2.97. The number of rotatable bonds is 3. The SMILES string of the molecule is CC(C)(C)CC(N)CC(=O)N1CCc2ccc(O)cc2C1. The van der Waals surface area contributed by atoms with E-state index in [0.717, 1.165) is 24.9 Å². The molecule has 0 radical (unpaired) electrons. The minimum absolute atomic E-state index is 0.0944. The van der Waals surface area contributed by atoms with Gasteiger partial charge in [-0.1, -0.05) is 26.8 Å². The maximum Gasteiger partial charge on any atom is 0.224 e. The van der Waals surface area contributed by atoms with Gasteiger partial charge in [0.1, 0.15) is 5.75 Å². The molecule has 21 heavy (non-hydrogen) atoms. The third-order valence-corrected chi connectivity index (χ3v) is 3.87. The maximum atomic E-state index is 12.4. The van der Waals surface area contributed by atoms with Crippen molar-refractivity contribution in [3.63, 3.8) is 0 Å². The molecule has 2 rings (SSSR count). The Bertz CT molecular complexity index is 520. The van der Waals surface area contributed by atoms with Crippen LogP contribution in [0.4, 0.5) is 0 Å². The van der Waals surface area contributed by atoms with Gasteiger partial charge in [-0.25, -0.2) is 0 Å². The summed E-state index contributed by atoms with van der Waals surface area (Å²) in [7, 11) is 0. The highest BCUT2D eigenvalue weighted by atomic mass is 16.3. The van der Waals surface area contributed by atoms with Crippen molar-refractivity contribution in [2.24, 2.45) is 11.1 Å². The number of nitrogens with two attached hydrogens (primary N) is 1. The highest BCUT2D eigenvalue weighted by molar-refractivity contribution is 5.77. The zero-order valence-corrected chi connectivity index (χ0v) is 13.2. The van der Waals surface area contributed by atoms with Crippen molar-refractivity contribution in [3.8, 4) is 5.75 Å². The van der Waals surface area contributed by atoms with Gasteiger partial charge in [-0.05, 0) is 41.5 Å². The Morgan fingerprint density at radius 1 is 1.38 bits per heavy atom. The molecule has 0 saturated carbocycles. The van der Waals surface area contributed by atoms with Gasteiger partial charge in [0.05, 0.1) is 0 Å². The molecule has 1 aromatic rings. The van der Waals surface area contributed by atoms with Crippen molar-refractivity contribution in [1.82, 2.24) is 4.90 Å². The summed E-state index contributed by atoms with van der Waals surface area (Å²) in [6, 6.07) is 5.31. The van der Waals surface area contributed by atoms with Crippen LogP contribution < -0.4 is 5.73 Å². The number of fused-ring (bicyclic) bond motifs is 1. The molecule has 1 aliphatic rings. The number of carbonyl (C=O) groups excluding carboxylic acids is 1. The van der Waals surface area contributed by atoms with Crippen LogP contribution in [-0.4, -0.2) is 28.5 Å². The van der Waals surface area contributed by atoms with Crippen molar-refractivity contribution < 1.29 is 9.90 Å². The number of nitrogens with zero attached hydrogens (tertiary/aromatic N) is 1. The van der Waals surface area contributed by atoms with Gasteiger partial charge in [0.25, 0.3) is 0 Å². The summed E-state index contributed by atoms with van der Waals surface area (Å²) in [5.41, 5.74) is 8.50. The van der Waals surface area contributed by atoms with Gasteiger partial charge in [-0.3, -0.25) is 4.79 Å². The lowest BCUT2D eigenvalue weighted by molar-refractivity contribution is -0.132. The van der Waals surface area contributed by atoms with E-state index in [9.17, 15) is 9.90 Å². The third-order valence-electron chi connectivity index (χ3n) is 3.87. The molecule has 1 atom stereocenters. The molecule has 3 N–H and O–H groups in total. The first-order valence-electron chi connectivity index (χ1n) is 7.59. The molecule has 1 heterocycles. The predicted octanol–water partition coefficient (Wildman–Crippen LogP) is 2.43. The second-order valence-corrected chi connectivity index (χ2v) is 7.25. The van der Waals surface area contributed by atoms with Crippen LogP contribution >= 0.6 is 0 Å². The van der Waals surface area contributed by atoms with Gasteiger partial charge in [0, 0.05) is 25.6 Å². The molecule has 4 nitrogen and oxygen atoms in total. The standard InChI is InChI=1S/C17H26N2O2/c1-17(2,3)10-14(18)9-16(21)19-7-6-12-4-5-15(20)8-13(12)11-19/h4-5,8,14,20H,6-7,9-11,18H2,1-3H3. The van der Waals surface area contributed by atoms with Crippen molar-refractivity contribution in [2.75, 3.05) is 6.54 Å². The summed E-state index contributed by atoms with van der Waals surface area (Å²) >= 11 is 0. The zero-order valence-electron chi connectivity index (χ0n) is 13.2. The largest absolute Gasteiger partial charge is 0.508 e. The summed E-state index contributed by atoms with van der Waals surface area (Å²) in [5.74, 6) is 0.369. The number of carbonyl (C=O) groups is 1. The molecule has 0 spiro atoms. The molecule has 116 valence electrons. The smallest absolute Gasteiger partial charge is 0.224 e. The number of phenols is 1. The minimum Gasteiger partial charge on any atom is -0.508 e. The zero-order chi connectivity index (χ0) is 15.6. The second-order valence-electron chi connectivity index (χ2n) is 7.25. The first-order valence-corrected chi connectivity index (χ1v) is 7.59. The van der Waals surface area contributed by atoms with Crippen LogP contribution in [0.15, 0.2) is 18.2 Å². The molecule has 0 fully saturated rings. The summed E-state index contributed by atoms with van der Waals surface area (Å²) in [5, 5.41) is 9.56. The molecule has 0 bridgehead atoms. The van der Waals surface area contributed by atoms with Crippen molar-refractivity contribution in [2.45, 2.75) is 52.6 Å². The van der Waals surface area contributed by atoms with Gasteiger partial charge in [0.15, 0.2) is 0 Å². The van der Waals surface area contributed by atoms with Gasteiger partial charge in [-0.2, -0.15) is 0 Å². The minimum atomic E-state index is -0.0944. The quantitative estimate of drug-likeness (QED) is 0.898. The first-order chi connectivity index (χ1) is 9.74. The number of hydrogen-bond acceptors (Lipinski definition) is 3. The Kier molecular flexibility index (Phi) is 4.57. The average Bonchev–Trinajstić information content (AvgIpc) is 2.35. The fourth-order valence-electron chi connectivity index (χ4n) is 2.97. The van der Waals surface area contributed by atoms with Crippen molar-refractivity contribution in [3.05, 3.63) is 29.3 Å². The normalized spacial score (nSPS) is 16.5. The summed E-state index contributed by atoms with van der Waals surface area (Å²) in [6.45, 7) is 7.72. The van der Waals surface area contributed by atoms with Gasteiger partial charge in [-0.15, -0.1) is 0 Å². The predicted molar refractivity (Wildman–Crippen MR) is 83.9 cm³/mol. The first kappa shape index (κ1) is 15.8. The Morgan fingerprint density at radius 2 is 2.10 bits per heavy atom. The van der Waals surface area contributed by atoms with Crippen molar-refractivity contribution >= 4 is 5.91 Å². The highest BCUT2D eigenvalue weighted by Gasteiger charge is 2.24. The number of benzene rings is 1. The van der Waals surface area contributed by atoms with Crippen molar-refractivity contribution in [1.29, 1.82) is 0 Å². The van der Waals surface area contributed by atoms with Crippen LogP contribution in [0, 0.1) is 5.41 Å². The number of phenolic OH excluding ortho intramolecular Hbond substituents is 1. The molecule has 1 aromatic carbocycles. The number of hydrogen-bond donors (Lipinski definition) is 2. The monoisotopic (exact) mass is 290 g/mol. The molecule has 0 aliphatic carbocycles. The molecule has 1 amide bonds. The lowest BCUT2D eigenvalue weighted by Gasteiger charge is -2.31. The van der Waals surface area contributed by atoms with E-state index in [-0.39, 0.29) is 23.1 Å². The fraction of sp³-hybridized carbons (Fsp3) is 0.588. The van der Waals surface area contributed by atoms with Crippen LogP contribution in [0.3, 0.4) is 0 Å². The lowest BCUT2D eigenvalue weighted by Crippen LogP contribution is -2.40. The van der Waals surface area contributed by atoms with E-state index in [4.69, 9.17) is 5.73 Å². The Morgan fingerprint density at radius 3 is 2.76 bits per heavy atom. The molecular formula is C17H26N2O2. The van der Waals surface area contributed by atoms with E-state index < -0.39 is 0 Å². The van der Waals surface area contributed by atoms with Crippen LogP contribution in [0.25, 0.3) is 0 Å². The highest BCUT2D eigenvalue weighted by Crippen LogP contribution is 2.25. The Hall–Kier alpha value is -1.55. The summed E-state index contributed by atoms with van der Waals surface area (Å²) in [4.78, 5) is 14.2. The van der Waals surface area contributed by atoms with Crippen LogP contribution in [0.1, 0.15) is 44.7 Å². The Balaban J connectivity index is 1.96. The lowest BCUT2D eigenvalue weighted by atomic mass is 9.87. The van der Waals surface area contributed by atoms with Gasteiger partial charge >= 0.3 is 0 Å². The van der Waals surface area contributed by atoms with Crippen LogP contribution in [0.2, 0.25) is 0 Å². The maximum absolute atomic E-state index is 12.4. The number of aromatic hydroxyl groups is 1. The second kappa shape index (κ2) is 6.06. The molecule has 0 aromatic heterocycles. The van der Waals surface area contributed by atoms with E-state index in [1.165, 1.54) is 5.56 Å². The molecule has 1 aliphatic heterocycles. The van der Waals surface area contributed by atoms with E-state index in [1.807, 2.05) is 11.0 Å². The van der Waals surface area contributed by atoms with Crippen LogP contribution in [-0.2, 0) is 17.8 Å². The van der Waals surface area contributed by atoms with E-state index >= 15 is 0 Å². The Labute approximate surface area is 126 Å². The topological polar surface area (TPSA) is 66.6 Å². The number of amides is 1. The van der Waals surface area contributed by atoms with E-state index in [2.05, 4.69) is 20.8 Å². The average molecular weight is 290 g/mol. The molecular weight excluding hydrogens is 264 g/mol. The summed E-state index contributed by atoms with van der Waals surface area (Å²) < 4.78 is 0. The molecule has 4 heteroatoms. The van der Waals surface area contributed by atoms with Crippen LogP contribution in [0.5, 0.6) is 5.75 Å². The molecule has 0 saturated heterocycles. The van der Waals surface area contributed by atoms with Gasteiger partial charge < -0.3 is 15.7 Å². The van der Waals surface area contributed by atoms with Gasteiger partial charge in [0.2, 0.25) is 5.91 Å². The molecule has 1 unspecified atom stereocenters. The van der Waals surface area contributed by atoms with E-state index in [1.54, 1.807) is 12.1 Å². The van der Waals surface area contributed by atoms with E-state index in [0.29, 0.717) is 13.0 Å². The summed E-state index contributed by atoms with van der Waals surface area (Å²) in [6.07, 6.45) is 2.07.